The highest BCUT2D eigenvalue weighted by Crippen LogP contribution is 2.26. The molecule has 0 saturated carbocycles. The molecule has 0 bridgehead atoms. The minimum Gasteiger partial charge on any atom is -0.457 e. The number of rotatable bonds is 10. The van der Waals surface area contributed by atoms with Crippen LogP contribution in [0, 0.1) is 0 Å². The van der Waals surface area contributed by atoms with Crippen molar-refractivity contribution in [1.82, 2.24) is 0 Å². The SMILES string of the molecule is O=C(CCCC(=O)OCC(=O)Nc1ccccc1)Nc1ccc(Oc2ccc3ccccc3c2)cc1. The summed E-state index contributed by atoms with van der Waals surface area (Å²) in [6.45, 7) is -0.368. The van der Waals surface area contributed by atoms with Gasteiger partial charge in [-0.15, -0.1) is 0 Å². The molecule has 0 saturated heterocycles. The van der Waals surface area contributed by atoms with Crippen LogP contribution in [-0.2, 0) is 19.1 Å². The van der Waals surface area contributed by atoms with E-state index in [4.69, 9.17) is 9.47 Å². The number of carbonyl (C=O) groups is 3. The summed E-state index contributed by atoms with van der Waals surface area (Å²) in [4.78, 5) is 35.9. The lowest BCUT2D eigenvalue weighted by atomic mass is 10.1. The zero-order valence-electron chi connectivity index (χ0n) is 19.6. The summed E-state index contributed by atoms with van der Waals surface area (Å²) in [5.41, 5.74) is 1.26. The van der Waals surface area contributed by atoms with Crippen molar-refractivity contribution < 1.29 is 23.9 Å². The molecule has 0 radical (unpaired) electrons. The van der Waals surface area contributed by atoms with Crippen LogP contribution in [0.15, 0.2) is 97.1 Å². The molecule has 0 spiro atoms. The topological polar surface area (TPSA) is 93.7 Å². The quantitative estimate of drug-likeness (QED) is 0.274. The minimum atomic E-state index is -0.527. The number of amides is 2. The Bertz CT molecular complexity index is 1340. The minimum absolute atomic E-state index is 0.0462. The Labute approximate surface area is 209 Å². The monoisotopic (exact) mass is 482 g/mol. The fraction of sp³-hybridized carbons (Fsp3) is 0.138. The third kappa shape index (κ3) is 7.43. The van der Waals surface area contributed by atoms with Gasteiger partial charge in [-0.1, -0.05) is 48.5 Å². The maximum Gasteiger partial charge on any atom is 0.306 e. The van der Waals surface area contributed by atoms with Crippen LogP contribution in [0.1, 0.15) is 19.3 Å². The Balaban J connectivity index is 1.15. The Hall–Kier alpha value is -4.65. The molecule has 7 nitrogen and oxygen atoms in total. The van der Waals surface area contributed by atoms with E-state index in [-0.39, 0.29) is 25.4 Å². The first-order valence-electron chi connectivity index (χ1n) is 11.6. The normalized spacial score (nSPS) is 10.4. The zero-order valence-corrected chi connectivity index (χ0v) is 19.6. The third-order valence-electron chi connectivity index (χ3n) is 5.30. The number of benzene rings is 4. The van der Waals surface area contributed by atoms with E-state index in [0.717, 1.165) is 16.5 Å². The summed E-state index contributed by atoms with van der Waals surface area (Å²) in [5, 5.41) is 7.67. The average Bonchev–Trinajstić information content (AvgIpc) is 2.89. The van der Waals surface area contributed by atoms with Crippen LogP contribution < -0.4 is 15.4 Å². The number of fused-ring (bicyclic) bond motifs is 1. The number of para-hydroxylation sites is 1. The maximum atomic E-state index is 12.2. The van der Waals surface area contributed by atoms with Crippen LogP contribution in [0.3, 0.4) is 0 Å². The van der Waals surface area contributed by atoms with Gasteiger partial charge in [-0.25, -0.2) is 0 Å². The van der Waals surface area contributed by atoms with Gasteiger partial charge in [-0.2, -0.15) is 0 Å². The van der Waals surface area contributed by atoms with Crippen LogP contribution in [0.2, 0.25) is 0 Å². The lowest BCUT2D eigenvalue weighted by Gasteiger charge is -2.09. The van der Waals surface area contributed by atoms with Gasteiger partial charge in [-0.3, -0.25) is 14.4 Å². The molecule has 36 heavy (non-hydrogen) atoms. The molecule has 4 rings (SSSR count). The number of hydrogen-bond acceptors (Lipinski definition) is 5. The first-order chi connectivity index (χ1) is 17.5. The van der Waals surface area contributed by atoms with Crippen molar-refractivity contribution in [2.75, 3.05) is 17.2 Å². The van der Waals surface area contributed by atoms with Gasteiger partial charge in [0.2, 0.25) is 5.91 Å². The predicted molar refractivity (Wildman–Crippen MR) is 139 cm³/mol. The molecule has 4 aromatic carbocycles. The smallest absolute Gasteiger partial charge is 0.306 e. The van der Waals surface area contributed by atoms with Gasteiger partial charge in [0.1, 0.15) is 11.5 Å². The van der Waals surface area contributed by atoms with Crippen molar-refractivity contribution in [3.05, 3.63) is 97.1 Å². The van der Waals surface area contributed by atoms with E-state index in [1.54, 1.807) is 48.5 Å². The molecule has 4 aromatic rings. The number of ether oxygens (including phenoxy) is 2. The molecule has 182 valence electrons. The molecule has 0 aliphatic heterocycles. The number of hydrogen-bond donors (Lipinski definition) is 2. The lowest BCUT2D eigenvalue weighted by molar-refractivity contribution is -0.147. The molecular weight excluding hydrogens is 456 g/mol. The molecule has 0 atom stereocenters. The van der Waals surface area contributed by atoms with Gasteiger partial charge in [-0.05, 0) is 65.7 Å². The lowest BCUT2D eigenvalue weighted by Crippen LogP contribution is -2.21. The van der Waals surface area contributed by atoms with E-state index >= 15 is 0 Å². The maximum absolute atomic E-state index is 12.2. The van der Waals surface area contributed by atoms with Gasteiger partial charge in [0, 0.05) is 24.2 Å². The summed E-state index contributed by atoms with van der Waals surface area (Å²) in [7, 11) is 0. The summed E-state index contributed by atoms with van der Waals surface area (Å²) in [5.74, 6) is 0.228. The van der Waals surface area contributed by atoms with E-state index in [1.165, 1.54) is 0 Å². The van der Waals surface area contributed by atoms with E-state index in [0.29, 0.717) is 23.5 Å². The Morgan fingerprint density at radius 3 is 2.03 bits per heavy atom. The second kappa shape index (κ2) is 12.2. The van der Waals surface area contributed by atoms with E-state index in [1.807, 2.05) is 48.5 Å². The Kier molecular flexibility index (Phi) is 8.27. The molecule has 2 N–H and O–H groups in total. The summed E-state index contributed by atoms with van der Waals surface area (Å²) in [6.07, 6.45) is 0.513. The van der Waals surface area contributed by atoms with Crippen molar-refractivity contribution in [3.63, 3.8) is 0 Å². The van der Waals surface area contributed by atoms with Crippen molar-refractivity contribution in [2.45, 2.75) is 19.3 Å². The molecule has 0 unspecified atom stereocenters. The second-order valence-electron chi connectivity index (χ2n) is 8.11. The number of nitrogens with one attached hydrogen (secondary N) is 2. The molecule has 7 heteroatoms. The van der Waals surface area contributed by atoms with Gasteiger partial charge in [0.25, 0.3) is 5.91 Å². The van der Waals surface area contributed by atoms with Gasteiger partial charge in [0.05, 0.1) is 0 Å². The van der Waals surface area contributed by atoms with Crippen molar-refractivity contribution in [1.29, 1.82) is 0 Å². The molecule has 0 aliphatic rings. The molecule has 0 aliphatic carbocycles. The van der Waals surface area contributed by atoms with Crippen LogP contribution >= 0.6 is 0 Å². The fourth-order valence-electron chi connectivity index (χ4n) is 3.53. The molecule has 0 heterocycles. The summed E-state index contributed by atoms with van der Waals surface area (Å²) >= 11 is 0. The first kappa shape index (κ1) is 24.5. The largest absolute Gasteiger partial charge is 0.457 e. The standard InChI is InChI=1S/C29H26N2O5/c32-27(11-6-12-29(34)35-20-28(33)31-23-9-2-1-3-10-23)30-24-14-17-25(18-15-24)36-26-16-13-21-7-4-5-8-22(21)19-26/h1-5,7-10,13-19H,6,11-12,20H2,(H,30,32)(H,31,33). The molecule has 0 fully saturated rings. The Morgan fingerprint density at radius 2 is 1.25 bits per heavy atom. The Morgan fingerprint density at radius 1 is 0.611 bits per heavy atom. The first-order valence-corrected chi connectivity index (χ1v) is 11.6. The van der Waals surface area contributed by atoms with Gasteiger partial charge < -0.3 is 20.1 Å². The highest BCUT2D eigenvalue weighted by Gasteiger charge is 2.10. The van der Waals surface area contributed by atoms with Crippen LogP contribution in [0.4, 0.5) is 11.4 Å². The highest BCUT2D eigenvalue weighted by molar-refractivity contribution is 5.93. The molecular formula is C29H26N2O5. The third-order valence-corrected chi connectivity index (χ3v) is 5.30. The molecule has 0 aromatic heterocycles. The number of esters is 1. The predicted octanol–water partition coefficient (Wildman–Crippen LogP) is 5.92. The van der Waals surface area contributed by atoms with E-state index < -0.39 is 11.9 Å². The summed E-state index contributed by atoms with van der Waals surface area (Å²) in [6, 6.07) is 29.9. The van der Waals surface area contributed by atoms with Crippen molar-refractivity contribution in [2.24, 2.45) is 0 Å². The average molecular weight is 483 g/mol. The number of anilines is 2. The van der Waals surface area contributed by atoms with E-state index in [2.05, 4.69) is 10.6 Å². The van der Waals surface area contributed by atoms with E-state index in [9.17, 15) is 14.4 Å². The van der Waals surface area contributed by atoms with Crippen LogP contribution in [0.25, 0.3) is 10.8 Å². The fourth-order valence-corrected chi connectivity index (χ4v) is 3.53. The second-order valence-corrected chi connectivity index (χ2v) is 8.11. The van der Waals surface area contributed by atoms with Crippen LogP contribution in [0.5, 0.6) is 11.5 Å². The molecule has 2 amide bonds. The highest BCUT2D eigenvalue weighted by atomic mass is 16.5. The number of carbonyl (C=O) groups excluding carboxylic acids is 3. The zero-order chi connectivity index (χ0) is 25.2. The van der Waals surface area contributed by atoms with Crippen molar-refractivity contribution >= 4 is 39.9 Å². The van der Waals surface area contributed by atoms with Gasteiger partial charge in [0.15, 0.2) is 6.61 Å². The summed E-state index contributed by atoms with van der Waals surface area (Å²) < 4.78 is 10.9. The van der Waals surface area contributed by atoms with Crippen molar-refractivity contribution in [3.8, 4) is 11.5 Å². The van der Waals surface area contributed by atoms with Crippen LogP contribution in [-0.4, -0.2) is 24.4 Å². The van der Waals surface area contributed by atoms with Gasteiger partial charge >= 0.3 is 5.97 Å².